The number of primary amides is 1. The molecule has 0 aliphatic carbocycles. The van der Waals surface area contributed by atoms with E-state index in [-0.39, 0.29) is 64.1 Å². The van der Waals surface area contributed by atoms with E-state index in [9.17, 15) is 53.4 Å². The summed E-state index contributed by atoms with van der Waals surface area (Å²) in [6.07, 6.45) is 1.76. The van der Waals surface area contributed by atoms with E-state index in [4.69, 9.17) is 5.73 Å². The lowest BCUT2D eigenvalue weighted by molar-refractivity contribution is -0.144. The van der Waals surface area contributed by atoms with Gasteiger partial charge in [0, 0.05) is 83.9 Å². The Bertz CT molecular complexity index is 1650. The Hall–Kier alpha value is -6.34. The first-order valence-corrected chi connectivity index (χ1v) is 17.4. The van der Waals surface area contributed by atoms with Gasteiger partial charge in [-0.3, -0.25) is 43.2 Å². The SMILES string of the molecule is CC(=O)N[C@@H](Cc1cnc[nH]1)C(=O)N1CCCN(C(=O)[C@H](CC(=O)O)NC(C)=O)Cc2cc(cc(C(N)=O)c2)CN(C(=O)[C@H](CC(=O)O)NC(C)=O)CCC1. The number of carbonyl (C=O) groups excluding carboxylic acids is 7. The Morgan fingerprint density at radius 2 is 1.11 bits per heavy atom. The lowest BCUT2D eigenvalue weighted by atomic mass is 10.0. The average Bonchev–Trinajstić information content (AvgIpc) is 3.60. The topological polar surface area (TPSA) is 295 Å². The van der Waals surface area contributed by atoms with E-state index in [1.165, 1.54) is 46.3 Å². The molecule has 1 aromatic carbocycles. The number of nitrogens with zero attached hydrogens (tertiary/aromatic N) is 4. The van der Waals surface area contributed by atoms with E-state index < -0.39 is 84.3 Å². The number of amides is 7. The number of aromatic nitrogens is 2. The van der Waals surface area contributed by atoms with Crippen LogP contribution in [0, 0.1) is 0 Å². The number of carbonyl (C=O) groups is 9. The van der Waals surface area contributed by atoms with Crippen LogP contribution in [0.2, 0.25) is 0 Å². The van der Waals surface area contributed by atoms with E-state index in [0.29, 0.717) is 16.8 Å². The molecule has 8 N–H and O–H groups in total. The highest BCUT2D eigenvalue weighted by Gasteiger charge is 2.32. The molecule has 0 unspecified atom stereocenters. The van der Waals surface area contributed by atoms with Crippen LogP contribution < -0.4 is 21.7 Å². The number of fused-ring (bicyclic) bond motifs is 2. The second-order valence-electron chi connectivity index (χ2n) is 13.2. The predicted molar refractivity (Wildman–Crippen MR) is 191 cm³/mol. The summed E-state index contributed by atoms with van der Waals surface area (Å²) in [6.45, 7) is 3.03. The molecule has 3 rings (SSSR count). The number of rotatable bonds is 13. The van der Waals surface area contributed by atoms with E-state index in [1.807, 2.05) is 0 Å². The monoisotopic (exact) mass is 769 g/mol. The molecular weight excluding hydrogens is 722 g/mol. The van der Waals surface area contributed by atoms with Gasteiger partial charge in [0.05, 0.1) is 19.2 Å². The second-order valence-corrected chi connectivity index (χ2v) is 13.2. The van der Waals surface area contributed by atoms with Crippen LogP contribution in [0.25, 0.3) is 0 Å². The van der Waals surface area contributed by atoms with Crippen molar-refractivity contribution in [3.05, 3.63) is 53.1 Å². The largest absolute Gasteiger partial charge is 0.481 e. The van der Waals surface area contributed by atoms with E-state index >= 15 is 0 Å². The zero-order chi connectivity index (χ0) is 40.8. The van der Waals surface area contributed by atoms with Gasteiger partial charge >= 0.3 is 11.9 Å². The summed E-state index contributed by atoms with van der Waals surface area (Å²) in [5.74, 6) is -7.32. The molecule has 0 saturated carbocycles. The number of aromatic amines is 1. The van der Waals surface area contributed by atoms with Crippen LogP contribution >= 0.6 is 0 Å². The Balaban J connectivity index is 2.13. The fourth-order valence-electron chi connectivity index (χ4n) is 6.26. The Morgan fingerprint density at radius 1 is 0.691 bits per heavy atom. The molecule has 0 saturated heterocycles. The highest BCUT2D eigenvalue weighted by atomic mass is 16.4. The maximum atomic E-state index is 14.1. The molecule has 55 heavy (non-hydrogen) atoms. The van der Waals surface area contributed by atoms with Crippen LogP contribution in [0.4, 0.5) is 0 Å². The van der Waals surface area contributed by atoms with Crippen molar-refractivity contribution in [1.82, 2.24) is 40.6 Å². The quantitative estimate of drug-likeness (QED) is 0.122. The molecular formula is C35H47N9O11. The van der Waals surface area contributed by atoms with Crippen molar-refractivity contribution in [3.8, 4) is 0 Å². The minimum absolute atomic E-state index is 0.0134. The highest BCUT2D eigenvalue weighted by molar-refractivity contribution is 5.94. The molecule has 0 fully saturated rings. The fraction of sp³-hybridized carbons (Fsp3) is 0.486. The van der Waals surface area contributed by atoms with Gasteiger partial charge in [0.2, 0.25) is 41.4 Å². The number of nitrogens with two attached hydrogens (primary N) is 1. The zero-order valence-corrected chi connectivity index (χ0v) is 30.8. The Kier molecular flexibility index (Phi) is 15.8. The summed E-state index contributed by atoms with van der Waals surface area (Å²) in [4.78, 5) is 125. The summed E-state index contributed by atoms with van der Waals surface area (Å²) >= 11 is 0. The van der Waals surface area contributed by atoms with Crippen LogP contribution in [-0.4, -0.2) is 132 Å². The van der Waals surface area contributed by atoms with E-state index in [1.54, 1.807) is 6.07 Å². The second kappa shape index (κ2) is 20.2. The summed E-state index contributed by atoms with van der Waals surface area (Å²) in [6, 6.07) is 0.468. The standard InChI is InChI=1S/C35H47N9O11/c1-20(45)39-27(13-26-16-37-19-38-26)33(53)42-6-4-8-43(34(54)28(14-30(48)49)40-21(2)46)17-23-10-24(12-25(11-23)32(36)52)18-44(9-5-7-42)35(55)29(15-31(50)51)41-22(3)47/h10-12,16,19,27-29H,4-9,13-15,17-18H2,1-3H3,(H2,36,52)(H,37,38)(H,39,45)(H,40,46)(H,41,47)(H,48,49)(H,50,51)/t27-,28-,29-/m0/s1. The molecule has 2 bridgehead atoms. The van der Waals surface area contributed by atoms with Crippen LogP contribution in [0.5, 0.6) is 0 Å². The minimum atomic E-state index is -1.46. The molecule has 20 nitrogen and oxygen atoms in total. The first-order valence-electron chi connectivity index (χ1n) is 17.4. The van der Waals surface area contributed by atoms with Gasteiger partial charge in [-0.2, -0.15) is 0 Å². The maximum Gasteiger partial charge on any atom is 0.305 e. The van der Waals surface area contributed by atoms with Crippen LogP contribution in [0.3, 0.4) is 0 Å². The fourth-order valence-corrected chi connectivity index (χ4v) is 6.26. The number of nitrogens with one attached hydrogen (secondary N) is 4. The van der Waals surface area contributed by atoms with Crippen molar-refractivity contribution in [1.29, 1.82) is 0 Å². The van der Waals surface area contributed by atoms with Crippen molar-refractivity contribution in [2.75, 3.05) is 26.2 Å². The van der Waals surface area contributed by atoms with Crippen LogP contribution in [0.1, 0.15) is 73.6 Å². The minimum Gasteiger partial charge on any atom is -0.481 e. The predicted octanol–water partition coefficient (Wildman–Crippen LogP) is -1.51. The van der Waals surface area contributed by atoms with Gasteiger partial charge in [0.15, 0.2) is 0 Å². The zero-order valence-electron chi connectivity index (χ0n) is 30.8. The number of aliphatic carboxylic acids is 2. The third kappa shape index (κ3) is 13.9. The average molecular weight is 770 g/mol. The van der Waals surface area contributed by atoms with Crippen LogP contribution in [0.15, 0.2) is 30.7 Å². The first-order chi connectivity index (χ1) is 25.9. The van der Waals surface area contributed by atoms with Gasteiger partial charge in [-0.15, -0.1) is 0 Å². The molecule has 1 aromatic heterocycles. The van der Waals surface area contributed by atoms with Gasteiger partial charge in [-0.1, -0.05) is 6.07 Å². The number of benzene rings is 1. The third-order valence-corrected chi connectivity index (χ3v) is 8.49. The van der Waals surface area contributed by atoms with Gasteiger partial charge in [-0.05, 0) is 36.1 Å². The van der Waals surface area contributed by atoms with Gasteiger partial charge < -0.3 is 51.6 Å². The van der Waals surface area contributed by atoms with E-state index in [2.05, 4.69) is 25.9 Å². The van der Waals surface area contributed by atoms with E-state index in [0.717, 1.165) is 13.8 Å². The summed E-state index contributed by atoms with van der Waals surface area (Å²) in [7, 11) is 0. The maximum absolute atomic E-state index is 14.1. The van der Waals surface area contributed by atoms with Crippen molar-refractivity contribution < 1.29 is 53.4 Å². The van der Waals surface area contributed by atoms with Gasteiger partial charge in [0.25, 0.3) is 0 Å². The molecule has 7 amide bonds. The van der Waals surface area contributed by atoms with Crippen LogP contribution in [-0.2, 0) is 57.9 Å². The molecule has 1 aliphatic heterocycles. The van der Waals surface area contributed by atoms with Crippen molar-refractivity contribution in [3.63, 3.8) is 0 Å². The molecule has 20 heteroatoms. The number of imidazole rings is 1. The molecule has 3 atom stereocenters. The summed E-state index contributed by atoms with van der Waals surface area (Å²) in [5, 5.41) is 26.5. The summed E-state index contributed by atoms with van der Waals surface area (Å²) in [5.41, 5.74) is 6.92. The summed E-state index contributed by atoms with van der Waals surface area (Å²) < 4.78 is 0. The number of H-pyrrole nitrogens is 1. The number of hydrogen-bond donors (Lipinski definition) is 7. The van der Waals surface area contributed by atoms with Crippen molar-refractivity contribution in [2.24, 2.45) is 5.73 Å². The highest BCUT2D eigenvalue weighted by Crippen LogP contribution is 2.19. The molecule has 2 aromatic rings. The first kappa shape index (κ1) is 43.1. The van der Waals surface area contributed by atoms with Gasteiger partial charge in [0.1, 0.15) is 18.1 Å². The Morgan fingerprint density at radius 3 is 1.49 bits per heavy atom. The third-order valence-electron chi connectivity index (χ3n) is 8.49. The molecule has 0 spiro atoms. The molecule has 1 aliphatic rings. The van der Waals surface area contributed by atoms with Crippen molar-refractivity contribution in [2.45, 2.75) is 84.1 Å². The molecule has 2 heterocycles. The lowest BCUT2D eigenvalue weighted by Gasteiger charge is -2.33. The number of carboxylic acids is 2. The molecule has 0 radical (unpaired) electrons. The number of hydrogen-bond acceptors (Lipinski definition) is 10. The Labute approximate surface area is 316 Å². The van der Waals surface area contributed by atoms with Crippen molar-refractivity contribution >= 4 is 53.3 Å². The number of carboxylic acid groups (broad SMARTS) is 2. The lowest BCUT2D eigenvalue weighted by Crippen LogP contribution is -2.52. The smallest absolute Gasteiger partial charge is 0.305 e. The normalized spacial score (nSPS) is 15.4. The molecule has 298 valence electrons. The van der Waals surface area contributed by atoms with Gasteiger partial charge in [-0.25, -0.2) is 4.98 Å².